The van der Waals surface area contributed by atoms with Crippen molar-refractivity contribution in [1.82, 2.24) is 10.3 Å². The summed E-state index contributed by atoms with van der Waals surface area (Å²) in [5.41, 5.74) is -5.10. The molecule has 4 aromatic heterocycles. The number of carbonyl (C=O) groups excluding carboxylic acids is 4. The fourth-order valence-electron chi connectivity index (χ4n) is 4.96. The highest BCUT2D eigenvalue weighted by atomic mass is 32.2. The molecule has 6 rings (SSSR count). The zero-order valence-corrected chi connectivity index (χ0v) is 34.7. The maximum absolute atomic E-state index is 13.6. The molecule has 0 bridgehead atoms. The molecule has 0 spiro atoms. The fourth-order valence-corrected chi connectivity index (χ4v) is 9.45. The summed E-state index contributed by atoms with van der Waals surface area (Å²) in [6, 6.07) is 3.91. The minimum Gasteiger partial charge on any atom is -0.337 e. The van der Waals surface area contributed by atoms with Gasteiger partial charge in [0.05, 0.1) is 24.1 Å². The van der Waals surface area contributed by atoms with Crippen LogP contribution in [0.1, 0.15) is 120 Å². The van der Waals surface area contributed by atoms with Crippen molar-refractivity contribution in [2.45, 2.75) is 78.7 Å². The van der Waals surface area contributed by atoms with Gasteiger partial charge in [0.15, 0.2) is 17.2 Å². The predicted molar refractivity (Wildman–Crippen MR) is 230 cm³/mol. The second-order valence-electron chi connectivity index (χ2n) is 12.3. The Kier molecular flexibility index (Phi) is 7.37. The summed E-state index contributed by atoms with van der Waals surface area (Å²) in [6.07, 6.45) is 0. The Morgan fingerprint density at radius 2 is 1.17 bits per heavy atom. The van der Waals surface area contributed by atoms with Crippen LogP contribution in [0.3, 0.4) is 0 Å². The number of thiophene rings is 2. The van der Waals surface area contributed by atoms with E-state index in [1.54, 1.807) is 6.92 Å². The number of amides is 2. The minimum absolute atomic E-state index is 0.0814. The van der Waals surface area contributed by atoms with E-state index in [-0.39, 0.29) is 42.8 Å². The van der Waals surface area contributed by atoms with Crippen LogP contribution >= 0.6 is 22.7 Å². The molecule has 60 heavy (non-hydrogen) atoms. The van der Waals surface area contributed by atoms with Gasteiger partial charge >= 0.3 is 0 Å². The van der Waals surface area contributed by atoms with Gasteiger partial charge in [-0.2, -0.15) is 0 Å². The van der Waals surface area contributed by atoms with E-state index < -0.39 is 148 Å². The summed E-state index contributed by atoms with van der Waals surface area (Å²) in [5.74, 6) is -7.45. The molecule has 0 saturated heterocycles. The Hall–Kier alpha value is -5.96. The van der Waals surface area contributed by atoms with Crippen LogP contribution in [-0.4, -0.2) is 50.5 Å². The van der Waals surface area contributed by atoms with Crippen LogP contribution in [0.2, 0.25) is 5.65 Å². The minimum atomic E-state index is -5.17. The maximum atomic E-state index is 13.6. The summed E-state index contributed by atoms with van der Waals surface area (Å²) in [6.45, 7) is -8.83. The molecule has 4 heterocycles. The molecule has 316 valence electrons. The Morgan fingerprint density at radius 1 is 0.667 bits per heavy atom. The first-order valence-corrected chi connectivity index (χ1v) is 21.1. The van der Waals surface area contributed by atoms with Gasteiger partial charge in [-0.1, -0.05) is 22.4 Å². The van der Waals surface area contributed by atoms with E-state index in [1.807, 2.05) is 0 Å². The number of hydrogen-bond acceptors (Lipinski definition) is 14. The van der Waals surface area contributed by atoms with Gasteiger partial charge in [0.25, 0.3) is 31.9 Å². The smallest absolute Gasteiger partial charge is 0.267 e. The SMILES string of the molecule is [2H]N(C(=O)c1sccc1S(=O)(=O)N([2H])c1onc(C)c1C([2H])([2H])[2H])c1c(C(=O)C([2H])([2H])[2H])cc(C([2H])([2H])[2H])cc1C([2H])([2H])[2H].[2H]c1c(C)cc(C)c(N([2H])C(=O)c2sccc2S(=O)(=O)N([2H])c2onc(C)c2C)c1C(=O)C([2H])([2H])[2H]. The number of Topliss-reactive ketones (excluding diaryl/α,β-unsaturated/α-hetero) is 2. The lowest BCUT2D eigenvalue weighted by Gasteiger charge is -2.14. The third kappa shape index (κ3) is 9.73. The molecule has 0 aliphatic carbocycles. The van der Waals surface area contributed by atoms with Gasteiger partial charge in [0, 0.05) is 42.8 Å². The predicted octanol–water partition coefficient (Wildman–Crippen LogP) is 8.45. The van der Waals surface area contributed by atoms with E-state index in [0.717, 1.165) is 17.5 Å². The van der Waals surface area contributed by atoms with E-state index >= 15 is 0 Å². The Labute approximate surface area is 383 Å². The normalized spacial score (nSPS) is 17.3. The summed E-state index contributed by atoms with van der Waals surface area (Å²) in [7, 11) is -9.84. The lowest BCUT2D eigenvalue weighted by Crippen LogP contribution is -2.20. The van der Waals surface area contributed by atoms with E-state index in [9.17, 15) is 36.0 Å². The number of sulfonamides is 2. The van der Waals surface area contributed by atoms with Gasteiger partial charge in [-0.25, -0.2) is 26.3 Å². The van der Waals surface area contributed by atoms with Crippen LogP contribution in [0.4, 0.5) is 23.1 Å². The maximum Gasteiger partial charge on any atom is 0.267 e. The molecule has 16 nitrogen and oxygen atoms in total. The third-order valence-electron chi connectivity index (χ3n) is 7.96. The molecule has 0 saturated carbocycles. The number of aryl methyl sites for hydroxylation is 6. The number of aromatic nitrogens is 2. The van der Waals surface area contributed by atoms with Gasteiger partial charge in [-0.15, -0.1) is 22.7 Å². The molecular weight excluding hydrogens is 853 g/mol. The van der Waals surface area contributed by atoms with Crippen molar-refractivity contribution in [2.24, 2.45) is 0 Å². The van der Waals surface area contributed by atoms with Crippen molar-refractivity contribution in [3.05, 3.63) is 113 Å². The van der Waals surface area contributed by atoms with E-state index in [4.69, 9.17) is 36.6 Å². The lowest BCUT2D eigenvalue weighted by molar-refractivity contribution is 0.100. The first-order valence-electron chi connectivity index (χ1n) is 26.2. The summed E-state index contributed by atoms with van der Waals surface area (Å²) in [4.78, 5) is 49.6. The number of ketones is 2. The van der Waals surface area contributed by atoms with Crippen LogP contribution in [-0.2, 0) is 20.0 Å². The molecule has 6 aromatic rings. The average molecular weight is 915 g/mol. The van der Waals surface area contributed by atoms with E-state index in [2.05, 4.69) is 10.3 Å². The van der Waals surface area contributed by atoms with Crippen molar-refractivity contribution in [1.29, 1.82) is 0 Å². The zero-order chi connectivity index (χ0) is 61.3. The summed E-state index contributed by atoms with van der Waals surface area (Å²) >= 11 is 1.06. The number of carbonyl (C=O) groups is 4. The zero-order valence-electron chi connectivity index (χ0n) is 51.4. The van der Waals surface area contributed by atoms with E-state index in [0.29, 0.717) is 46.1 Å². The van der Waals surface area contributed by atoms with Crippen molar-refractivity contribution in [3.8, 4) is 0 Å². The van der Waals surface area contributed by atoms with Crippen LogP contribution in [0.25, 0.3) is 0 Å². The second-order valence-corrected chi connectivity index (χ2v) is 17.3. The van der Waals surface area contributed by atoms with Gasteiger partial charge in [-0.05, 0) is 126 Å². The molecule has 20 heteroatoms. The number of benzene rings is 2. The molecule has 4 N–H and O–H groups in total. The van der Waals surface area contributed by atoms with Crippen molar-refractivity contribution in [2.75, 3.05) is 20.0 Å². The van der Waals surface area contributed by atoms with Crippen molar-refractivity contribution in [3.63, 3.8) is 0 Å². The van der Waals surface area contributed by atoms with Crippen LogP contribution in [0.15, 0.2) is 66.0 Å². The number of hydrogen-bond donors (Lipinski definition) is 4. The molecule has 0 aliphatic rings. The second kappa shape index (κ2) is 17.7. The number of nitrogens with zero attached hydrogens (tertiary/aromatic N) is 2. The van der Waals surface area contributed by atoms with Gasteiger partial charge in [0.1, 0.15) is 19.5 Å². The topological polar surface area (TPSA) is 237 Å². The standard InChI is InChI=1S/2C20H21N3O5S2/c2*1-10-8-11(2)17(15(9-10)14(5)24)21-19(25)18-16(6-7-29-18)30(26,27)23-20-12(3)13(4)22-28-20/h2*6-9,23H,1-5H3,(H,21,25)/i1D3,2D3,3D3,5D3;5D3,9D/hD4. The number of nitrogens with one attached hydrogen (secondary N) is 4. The van der Waals surface area contributed by atoms with Crippen molar-refractivity contribution < 1.29 is 72.6 Å². The van der Waals surface area contributed by atoms with Crippen LogP contribution < -0.4 is 20.0 Å². The first kappa shape index (κ1) is 25.0. The summed E-state index contributed by atoms with van der Waals surface area (Å²) in [5, 5.41) is 9.28. The average Bonchev–Trinajstić information content (AvgIpc) is 4.17. The summed E-state index contributed by atoms with van der Waals surface area (Å²) < 4.78 is 218. The van der Waals surface area contributed by atoms with Crippen molar-refractivity contribution >= 4 is 89.2 Å². The fraction of sp³-hybridized carbons (Fsp3) is 0.250. The lowest BCUT2D eigenvalue weighted by atomic mass is 10.0. The quantitative estimate of drug-likeness (QED) is 0.0847. The molecular formula is C40H42N6O10S4. The molecule has 2 aromatic carbocycles. The molecule has 0 atom stereocenters. The molecule has 2 amide bonds. The van der Waals surface area contributed by atoms with Gasteiger partial charge in [0.2, 0.25) is 11.8 Å². The Morgan fingerprint density at radius 3 is 1.65 bits per heavy atom. The largest absolute Gasteiger partial charge is 0.337 e. The van der Waals surface area contributed by atoms with Gasteiger partial charge < -0.3 is 19.7 Å². The highest BCUT2D eigenvalue weighted by molar-refractivity contribution is 7.93. The van der Waals surface area contributed by atoms with Gasteiger partial charge in [-0.3, -0.25) is 19.2 Å². The Bertz CT molecular complexity index is 3670. The molecule has 0 unspecified atom stereocenters. The Balaban J connectivity index is 0.000000300. The molecule has 0 radical (unpaired) electrons. The van der Waals surface area contributed by atoms with Crippen LogP contribution in [0.5, 0.6) is 0 Å². The third-order valence-corrected chi connectivity index (χ3v) is 12.6. The monoisotopic (exact) mass is 914 g/mol. The van der Waals surface area contributed by atoms with E-state index in [1.165, 1.54) is 39.1 Å². The number of rotatable bonds is 12. The first-order chi connectivity index (χ1) is 36.2. The van der Waals surface area contributed by atoms with Crippen LogP contribution in [0, 0.1) is 55.2 Å². The number of anilines is 4. The highest BCUT2D eigenvalue weighted by Gasteiger charge is 2.29. The molecule has 0 fully saturated rings. The highest BCUT2D eigenvalue weighted by Crippen LogP contribution is 2.31. The molecule has 0 aliphatic heterocycles.